The molecule has 1 amide bonds. The summed E-state index contributed by atoms with van der Waals surface area (Å²) in [7, 11) is 0. The first-order chi connectivity index (χ1) is 12.8. The van der Waals surface area contributed by atoms with Gasteiger partial charge in [0.1, 0.15) is 11.6 Å². The number of oxazole rings is 1. The number of amides is 1. The second-order valence-corrected chi connectivity index (χ2v) is 5.26. The minimum Gasteiger partial charge on any atom is -0.505 e. The van der Waals surface area contributed by atoms with Gasteiger partial charge in [0.15, 0.2) is 5.76 Å². The number of anilines is 2. The summed E-state index contributed by atoms with van der Waals surface area (Å²) in [6.07, 6.45) is -2.16. The monoisotopic (exact) mass is 380 g/mol. The Morgan fingerprint density at radius 2 is 1.81 bits per heavy atom. The van der Waals surface area contributed by atoms with Crippen molar-refractivity contribution >= 4 is 17.7 Å². The lowest BCUT2D eigenvalue weighted by atomic mass is 10.1. The standard InChI is InChI=1S/C16H11F3N4O4/c17-16(18,19)9-3-1-8(2-4-9)12-7-21-15(27-12)22-13-5-10(14(25)23-26)11(24)6-20-13/h1-7,24,26H,(H,23,25)(H,20,21,22). The maximum atomic E-state index is 12.6. The van der Waals surface area contributed by atoms with Gasteiger partial charge in [0.25, 0.3) is 5.91 Å². The molecule has 2 aromatic heterocycles. The van der Waals surface area contributed by atoms with Gasteiger partial charge >= 0.3 is 12.2 Å². The highest BCUT2D eigenvalue weighted by molar-refractivity contribution is 5.96. The van der Waals surface area contributed by atoms with Gasteiger partial charge in [-0.3, -0.25) is 15.3 Å². The van der Waals surface area contributed by atoms with Crippen molar-refractivity contribution in [1.29, 1.82) is 0 Å². The minimum atomic E-state index is -4.43. The summed E-state index contributed by atoms with van der Waals surface area (Å²) < 4.78 is 43.2. The molecule has 0 radical (unpaired) electrons. The second kappa shape index (κ2) is 6.96. The number of alkyl halides is 3. The highest BCUT2D eigenvalue weighted by Crippen LogP contribution is 2.31. The van der Waals surface area contributed by atoms with E-state index >= 15 is 0 Å². The number of hydroxylamine groups is 1. The Bertz CT molecular complexity index is 971. The molecule has 0 saturated heterocycles. The molecule has 0 spiro atoms. The highest BCUT2D eigenvalue weighted by Gasteiger charge is 2.30. The lowest BCUT2D eigenvalue weighted by Crippen LogP contribution is -2.19. The van der Waals surface area contributed by atoms with Crippen LogP contribution in [0.5, 0.6) is 5.75 Å². The molecule has 27 heavy (non-hydrogen) atoms. The van der Waals surface area contributed by atoms with Crippen molar-refractivity contribution in [2.24, 2.45) is 0 Å². The molecule has 140 valence electrons. The predicted octanol–water partition coefficient (Wildman–Crippen LogP) is 3.32. The van der Waals surface area contributed by atoms with E-state index < -0.39 is 23.4 Å². The number of nitrogens with one attached hydrogen (secondary N) is 2. The molecule has 4 N–H and O–H groups in total. The van der Waals surface area contributed by atoms with E-state index in [4.69, 9.17) is 9.62 Å². The van der Waals surface area contributed by atoms with Gasteiger partial charge in [0.2, 0.25) is 0 Å². The van der Waals surface area contributed by atoms with E-state index in [0.29, 0.717) is 5.56 Å². The number of halogens is 3. The quantitative estimate of drug-likeness (QED) is 0.405. The highest BCUT2D eigenvalue weighted by atomic mass is 19.4. The van der Waals surface area contributed by atoms with Crippen LogP contribution in [0.15, 0.2) is 47.1 Å². The summed E-state index contributed by atoms with van der Waals surface area (Å²) in [5.41, 5.74) is 0.727. The minimum absolute atomic E-state index is 0.0431. The van der Waals surface area contributed by atoms with E-state index in [2.05, 4.69) is 15.3 Å². The average Bonchev–Trinajstić information content (AvgIpc) is 3.10. The van der Waals surface area contributed by atoms with Crippen molar-refractivity contribution in [1.82, 2.24) is 15.4 Å². The fourth-order valence-corrected chi connectivity index (χ4v) is 2.16. The summed E-state index contributed by atoms with van der Waals surface area (Å²) in [4.78, 5) is 19.2. The Labute approximate surface area is 149 Å². The van der Waals surface area contributed by atoms with Crippen molar-refractivity contribution in [2.75, 3.05) is 5.32 Å². The number of hydrogen-bond donors (Lipinski definition) is 4. The average molecular weight is 380 g/mol. The molecule has 0 atom stereocenters. The molecule has 0 fully saturated rings. The molecular formula is C16H11F3N4O4. The predicted molar refractivity (Wildman–Crippen MR) is 85.4 cm³/mol. The number of benzene rings is 1. The third-order valence-corrected chi connectivity index (χ3v) is 3.47. The van der Waals surface area contributed by atoms with Gasteiger partial charge < -0.3 is 9.52 Å². The van der Waals surface area contributed by atoms with Gasteiger partial charge in [-0.05, 0) is 18.2 Å². The SMILES string of the molecule is O=C(NO)c1cc(Nc2ncc(-c3ccc(C(F)(F)F)cc3)o2)ncc1O. The largest absolute Gasteiger partial charge is 0.505 e. The molecule has 0 aliphatic heterocycles. The van der Waals surface area contributed by atoms with Crippen LogP contribution in [0.4, 0.5) is 25.0 Å². The van der Waals surface area contributed by atoms with E-state index in [-0.39, 0.29) is 23.2 Å². The zero-order valence-electron chi connectivity index (χ0n) is 13.3. The van der Waals surface area contributed by atoms with Crippen molar-refractivity contribution in [3.63, 3.8) is 0 Å². The molecule has 2 heterocycles. The van der Waals surface area contributed by atoms with Crippen molar-refractivity contribution < 1.29 is 32.7 Å². The van der Waals surface area contributed by atoms with E-state index in [9.17, 15) is 23.1 Å². The van der Waals surface area contributed by atoms with Crippen LogP contribution in [0, 0.1) is 0 Å². The summed E-state index contributed by atoms with van der Waals surface area (Å²) in [5.74, 6) is -1.12. The topological polar surface area (TPSA) is 121 Å². The van der Waals surface area contributed by atoms with E-state index in [1.807, 2.05) is 0 Å². The summed E-state index contributed by atoms with van der Waals surface area (Å²) in [6.45, 7) is 0. The van der Waals surface area contributed by atoms with Crippen LogP contribution in [0.2, 0.25) is 0 Å². The van der Waals surface area contributed by atoms with Crippen LogP contribution in [-0.2, 0) is 6.18 Å². The van der Waals surface area contributed by atoms with Crippen molar-refractivity contribution in [2.45, 2.75) is 6.18 Å². The van der Waals surface area contributed by atoms with Gasteiger partial charge in [-0.2, -0.15) is 13.2 Å². The molecule has 3 aromatic rings. The van der Waals surface area contributed by atoms with Gasteiger partial charge in [-0.1, -0.05) is 12.1 Å². The van der Waals surface area contributed by atoms with E-state index in [0.717, 1.165) is 24.4 Å². The first-order valence-corrected chi connectivity index (χ1v) is 7.32. The fourth-order valence-electron chi connectivity index (χ4n) is 2.16. The van der Waals surface area contributed by atoms with Crippen molar-refractivity contribution in [3.05, 3.63) is 53.9 Å². The number of aromatic hydroxyl groups is 1. The molecule has 3 rings (SSSR count). The van der Waals surface area contributed by atoms with Crippen molar-refractivity contribution in [3.8, 4) is 17.1 Å². The molecule has 8 nitrogen and oxygen atoms in total. The van der Waals surface area contributed by atoms with Gasteiger partial charge in [-0.15, -0.1) is 0 Å². The van der Waals surface area contributed by atoms with Gasteiger partial charge in [0.05, 0.1) is 23.5 Å². The lowest BCUT2D eigenvalue weighted by molar-refractivity contribution is -0.137. The van der Waals surface area contributed by atoms with Crippen LogP contribution >= 0.6 is 0 Å². The van der Waals surface area contributed by atoms with Gasteiger partial charge in [0, 0.05) is 5.56 Å². The van der Waals surface area contributed by atoms with E-state index in [1.165, 1.54) is 23.8 Å². The molecule has 0 bridgehead atoms. The fraction of sp³-hybridized carbons (Fsp3) is 0.0625. The van der Waals surface area contributed by atoms with E-state index in [1.54, 1.807) is 0 Å². The number of pyridine rings is 1. The summed E-state index contributed by atoms with van der Waals surface area (Å²) >= 11 is 0. The molecule has 0 saturated carbocycles. The van der Waals surface area contributed by atoms with Crippen LogP contribution in [-0.4, -0.2) is 26.2 Å². The first kappa shape index (κ1) is 18.2. The number of aromatic nitrogens is 2. The van der Waals surface area contributed by atoms with Crippen LogP contribution in [0.3, 0.4) is 0 Å². The lowest BCUT2D eigenvalue weighted by Gasteiger charge is -2.06. The molecule has 0 aliphatic rings. The number of hydrogen-bond acceptors (Lipinski definition) is 7. The molecule has 0 unspecified atom stereocenters. The molecule has 11 heteroatoms. The summed E-state index contributed by atoms with van der Waals surface area (Å²) in [5, 5.41) is 20.8. The third kappa shape index (κ3) is 3.98. The maximum Gasteiger partial charge on any atom is 0.416 e. The van der Waals surface area contributed by atoms with Crippen LogP contribution < -0.4 is 10.8 Å². The Hall–Kier alpha value is -3.60. The van der Waals surface area contributed by atoms with Crippen LogP contribution in [0.25, 0.3) is 11.3 Å². The Balaban J connectivity index is 1.80. The zero-order valence-corrected chi connectivity index (χ0v) is 13.3. The Morgan fingerprint density at radius 3 is 2.44 bits per heavy atom. The number of nitrogens with zero attached hydrogens (tertiary/aromatic N) is 2. The number of carbonyl (C=O) groups is 1. The zero-order chi connectivity index (χ0) is 19.6. The van der Waals surface area contributed by atoms with Gasteiger partial charge in [-0.25, -0.2) is 15.4 Å². The Kier molecular flexibility index (Phi) is 4.69. The molecular weight excluding hydrogens is 369 g/mol. The smallest absolute Gasteiger partial charge is 0.416 e. The molecule has 0 aliphatic carbocycles. The number of carbonyl (C=O) groups excluding carboxylic acids is 1. The maximum absolute atomic E-state index is 12.6. The number of rotatable bonds is 4. The third-order valence-electron chi connectivity index (χ3n) is 3.47. The Morgan fingerprint density at radius 1 is 1.11 bits per heavy atom. The second-order valence-electron chi connectivity index (χ2n) is 5.26. The summed E-state index contributed by atoms with van der Waals surface area (Å²) in [6, 6.07) is 5.44. The normalized spacial score (nSPS) is 11.3. The molecule has 1 aromatic carbocycles. The van der Waals surface area contributed by atoms with Crippen LogP contribution in [0.1, 0.15) is 15.9 Å². The first-order valence-electron chi connectivity index (χ1n) is 7.32.